The number of aromatic carboxylic acids is 1. The number of rotatable bonds is 5. The first kappa shape index (κ1) is 20.3. The fourth-order valence-corrected chi connectivity index (χ4v) is 4.79. The highest BCUT2D eigenvalue weighted by Crippen LogP contribution is 2.41. The maximum atomic E-state index is 12.5. The number of hydrogen-bond donors (Lipinski definition) is 1. The number of likely N-dealkylation sites (tertiary alicyclic amines) is 1. The molecule has 2 aromatic carbocycles. The number of benzene rings is 2. The van der Waals surface area contributed by atoms with Gasteiger partial charge in [-0.2, -0.15) is 0 Å². The zero-order valence-electron chi connectivity index (χ0n) is 17.2. The number of carbonyl (C=O) groups is 2. The van der Waals surface area contributed by atoms with Crippen LogP contribution in [-0.2, 0) is 11.3 Å². The first-order valence-electron chi connectivity index (χ1n) is 10.8. The summed E-state index contributed by atoms with van der Waals surface area (Å²) in [4.78, 5) is 27.6. The Hall–Kier alpha value is -2.57. The van der Waals surface area contributed by atoms with Gasteiger partial charge < -0.3 is 9.84 Å². The molecule has 2 saturated heterocycles. The zero-order valence-corrected chi connectivity index (χ0v) is 18.0. The number of carbonyl (C=O) groups excluding carboxylic acids is 1. The van der Waals surface area contributed by atoms with Gasteiger partial charge in [0.1, 0.15) is 5.60 Å². The summed E-state index contributed by atoms with van der Waals surface area (Å²) in [7, 11) is 0. The van der Waals surface area contributed by atoms with Crippen LogP contribution in [0.4, 0.5) is 10.5 Å². The largest absolute Gasteiger partial charge is 0.478 e. The van der Waals surface area contributed by atoms with E-state index in [0.29, 0.717) is 18.2 Å². The third-order valence-electron chi connectivity index (χ3n) is 6.68. The Labute approximate surface area is 186 Å². The van der Waals surface area contributed by atoms with Gasteiger partial charge in [-0.15, -0.1) is 0 Å². The maximum absolute atomic E-state index is 12.5. The van der Waals surface area contributed by atoms with Crippen molar-refractivity contribution in [3.63, 3.8) is 0 Å². The number of piperidine rings is 1. The molecule has 162 valence electrons. The topological polar surface area (TPSA) is 70.1 Å². The van der Waals surface area contributed by atoms with Crippen LogP contribution in [0.15, 0.2) is 42.5 Å². The quantitative estimate of drug-likeness (QED) is 0.715. The van der Waals surface area contributed by atoms with E-state index in [4.69, 9.17) is 21.4 Å². The van der Waals surface area contributed by atoms with E-state index in [2.05, 4.69) is 17.0 Å². The Morgan fingerprint density at radius 3 is 2.48 bits per heavy atom. The number of hydrogen-bond acceptors (Lipinski definition) is 4. The Kier molecular flexibility index (Phi) is 5.15. The van der Waals surface area contributed by atoms with E-state index in [1.54, 1.807) is 17.0 Å². The van der Waals surface area contributed by atoms with Crippen LogP contribution in [0.2, 0.25) is 5.02 Å². The molecule has 7 heteroatoms. The number of amides is 1. The molecule has 0 aromatic heterocycles. The molecule has 2 heterocycles. The van der Waals surface area contributed by atoms with Crippen molar-refractivity contribution in [1.82, 2.24) is 4.90 Å². The molecule has 31 heavy (non-hydrogen) atoms. The van der Waals surface area contributed by atoms with Crippen molar-refractivity contribution < 1.29 is 19.4 Å². The molecule has 0 unspecified atom stereocenters. The normalized spacial score (nSPS) is 20.8. The van der Waals surface area contributed by atoms with Gasteiger partial charge in [-0.05, 0) is 60.2 Å². The second-order valence-corrected chi connectivity index (χ2v) is 9.30. The third-order valence-corrected chi connectivity index (χ3v) is 7.04. The molecular weight excluding hydrogens is 416 g/mol. The minimum atomic E-state index is -0.984. The highest BCUT2D eigenvalue weighted by atomic mass is 35.5. The van der Waals surface area contributed by atoms with Gasteiger partial charge in [0, 0.05) is 43.2 Å². The Morgan fingerprint density at radius 1 is 1.13 bits per heavy atom. The minimum absolute atomic E-state index is 0.198. The van der Waals surface area contributed by atoms with Gasteiger partial charge in [-0.3, -0.25) is 9.80 Å². The predicted octanol–water partition coefficient (Wildman–Crippen LogP) is 4.91. The molecule has 2 aliphatic heterocycles. The van der Waals surface area contributed by atoms with E-state index in [9.17, 15) is 9.59 Å². The Balaban J connectivity index is 1.22. The number of anilines is 1. The average Bonchev–Trinajstić information content (AvgIpc) is 3.56. The van der Waals surface area contributed by atoms with Crippen molar-refractivity contribution in [2.45, 2.75) is 43.7 Å². The molecule has 1 N–H and O–H groups in total. The zero-order chi connectivity index (χ0) is 21.6. The first-order chi connectivity index (χ1) is 14.9. The number of halogens is 1. The number of nitrogens with zero attached hydrogens (tertiary/aromatic N) is 2. The smallest absolute Gasteiger partial charge is 0.415 e. The van der Waals surface area contributed by atoms with Crippen molar-refractivity contribution >= 4 is 29.4 Å². The fraction of sp³-hybridized carbons (Fsp3) is 0.417. The highest BCUT2D eigenvalue weighted by Gasteiger charge is 2.47. The molecule has 2 aromatic rings. The molecule has 0 radical (unpaired) electrons. The van der Waals surface area contributed by atoms with Gasteiger partial charge in [0.15, 0.2) is 0 Å². The van der Waals surface area contributed by atoms with Crippen LogP contribution in [0.3, 0.4) is 0 Å². The third kappa shape index (κ3) is 4.14. The summed E-state index contributed by atoms with van der Waals surface area (Å²) in [6.45, 7) is 2.97. The molecule has 1 saturated carbocycles. The van der Waals surface area contributed by atoms with Crippen molar-refractivity contribution in [2.75, 3.05) is 24.5 Å². The number of carboxylic acid groups (broad SMARTS) is 1. The van der Waals surface area contributed by atoms with Crippen LogP contribution in [0.5, 0.6) is 0 Å². The van der Waals surface area contributed by atoms with E-state index in [-0.39, 0.29) is 11.7 Å². The molecule has 0 atom stereocenters. The molecule has 1 spiro atoms. The van der Waals surface area contributed by atoms with Gasteiger partial charge in [-0.25, -0.2) is 9.59 Å². The summed E-state index contributed by atoms with van der Waals surface area (Å²) < 4.78 is 5.83. The van der Waals surface area contributed by atoms with Crippen molar-refractivity contribution in [2.24, 2.45) is 0 Å². The van der Waals surface area contributed by atoms with Crippen molar-refractivity contribution in [3.8, 4) is 0 Å². The van der Waals surface area contributed by atoms with Gasteiger partial charge in [0.2, 0.25) is 0 Å². The highest BCUT2D eigenvalue weighted by molar-refractivity contribution is 6.31. The molecule has 5 rings (SSSR count). The molecule has 0 bridgehead atoms. The Morgan fingerprint density at radius 2 is 1.84 bits per heavy atom. The van der Waals surface area contributed by atoms with Crippen LogP contribution in [0, 0.1) is 0 Å². The minimum Gasteiger partial charge on any atom is -0.478 e. The molecule has 1 amide bonds. The standard InChI is InChI=1S/C24H25ClN2O4/c25-21-8-5-18(16-1-2-16)13-19(21)14-26-11-9-24(10-12-26)15-27(23(30)31-24)20-6-3-17(4-7-20)22(28)29/h3-8,13,16H,1-2,9-12,14-15H2,(H,28,29). The first-order valence-corrected chi connectivity index (χ1v) is 11.1. The molecule has 6 nitrogen and oxygen atoms in total. The monoisotopic (exact) mass is 440 g/mol. The van der Waals surface area contributed by atoms with Crippen LogP contribution in [0.25, 0.3) is 0 Å². The van der Waals surface area contributed by atoms with Gasteiger partial charge in [0.05, 0.1) is 12.1 Å². The van der Waals surface area contributed by atoms with E-state index in [0.717, 1.165) is 37.5 Å². The van der Waals surface area contributed by atoms with Gasteiger partial charge in [0.25, 0.3) is 0 Å². The number of carboxylic acids is 1. The molecule has 3 fully saturated rings. The molecule has 3 aliphatic rings. The fourth-order valence-electron chi connectivity index (χ4n) is 4.61. The van der Waals surface area contributed by atoms with E-state index < -0.39 is 11.6 Å². The van der Waals surface area contributed by atoms with Gasteiger partial charge in [-0.1, -0.05) is 23.7 Å². The van der Waals surface area contributed by atoms with Crippen molar-refractivity contribution in [3.05, 3.63) is 64.2 Å². The summed E-state index contributed by atoms with van der Waals surface area (Å²) >= 11 is 6.46. The summed E-state index contributed by atoms with van der Waals surface area (Å²) in [6.07, 6.45) is 3.71. The van der Waals surface area contributed by atoms with Crippen LogP contribution < -0.4 is 4.90 Å². The summed E-state index contributed by atoms with van der Waals surface area (Å²) in [6, 6.07) is 12.8. The lowest BCUT2D eigenvalue weighted by atomic mass is 9.91. The summed E-state index contributed by atoms with van der Waals surface area (Å²) in [5, 5.41) is 9.88. The number of ether oxygens (including phenoxy) is 1. The lowest BCUT2D eigenvalue weighted by molar-refractivity contribution is -0.000974. The van der Waals surface area contributed by atoms with Gasteiger partial charge >= 0.3 is 12.1 Å². The summed E-state index contributed by atoms with van der Waals surface area (Å²) in [5.74, 6) is -0.281. The second kappa shape index (κ2) is 7.84. The van der Waals surface area contributed by atoms with Crippen LogP contribution in [0.1, 0.15) is 53.1 Å². The second-order valence-electron chi connectivity index (χ2n) is 8.89. The van der Waals surface area contributed by atoms with E-state index >= 15 is 0 Å². The summed E-state index contributed by atoms with van der Waals surface area (Å²) in [5.41, 5.74) is 2.94. The predicted molar refractivity (Wildman–Crippen MR) is 118 cm³/mol. The lowest BCUT2D eigenvalue weighted by Gasteiger charge is -2.37. The SMILES string of the molecule is O=C(O)c1ccc(N2CC3(CCN(Cc4cc(C5CC5)ccc4Cl)CC3)OC2=O)cc1. The van der Waals surface area contributed by atoms with E-state index in [1.807, 2.05) is 6.07 Å². The molecule has 1 aliphatic carbocycles. The average molecular weight is 441 g/mol. The van der Waals surface area contributed by atoms with Crippen molar-refractivity contribution in [1.29, 1.82) is 0 Å². The molecular formula is C24H25ClN2O4. The Bertz CT molecular complexity index is 1010. The van der Waals surface area contributed by atoms with Crippen LogP contribution >= 0.6 is 11.6 Å². The lowest BCUT2D eigenvalue weighted by Crippen LogP contribution is -2.46. The van der Waals surface area contributed by atoms with Crippen LogP contribution in [-0.4, -0.2) is 47.3 Å². The van der Waals surface area contributed by atoms with E-state index in [1.165, 1.54) is 36.1 Å². The maximum Gasteiger partial charge on any atom is 0.415 e.